The number of nitrogens with zero attached hydrogens (tertiary/aromatic N) is 1. The van der Waals surface area contributed by atoms with E-state index in [1.807, 2.05) is 66.7 Å². The first kappa shape index (κ1) is 35.9. The Morgan fingerprint density at radius 1 is 0.865 bits per heavy atom. The molecule has 2 heterocycles. The van der Waals surface area contributed by atoms with Gasteiger partial charge in [-0.2, -0.15) is 0 Å². The first-order chi connectivity index (χ1) is 25.2. The minimum atomic E-state index is -0.777. The number of piperidine rings is 1. The molecule has 1 fully saturated rings. The number of hydrogen-bond donors (Lipinski definition) is 4. The van der Waals surface area contributed by atoms with Gasteiger partial charge in [0.05, 0.1) is 6.54 Å². The summed E-state index contributed by atoms with van der Waals surface area (Å²) in [5, 5.41) is 17.6. The van der Waals surface area contributed by atoms with Crippen molar-refractivity contribution >= 4 is 58.0 Å². The minimum absolute atomic E-state index is 0.0947. The van der Waals surface area contributed by atoms with Gasteiger partial charge in [-0.15, -0.1) is 11.6 Å². The van der Waals surface area contributed by atoms with Gasteiger partial charge in [-0.05, 0) is 77.1 Å². The fraction of sp³-hybridized carbons (Fsp3) is 0.225. The number of aromatic hydroxyl groups is 1. The summed E-state index contributed by atoms with van der Waals surface area (Å²) in [4.78, 5) is 63.8. The number of ether oxygens (including phenoxy) is 1. The van der Waals surface area contributed by atoms with Crippen LogP contribution in [0.4, 0.5) is 5.69 Å². The zero-order valence-electron chi connectivity index (χ0n) is 28.2. The van der Waals surface area contributed by atoms with Crippen molar-refractivity contribution in [3.05, 3.63) is 125 Å². The van der Waals surface area contributed by atoms with Gasteiger partial charge < -0.3 is 25.4 Å². The van der Waals surface area contributed by atoms with Crippen molar-refractivity contribution in [3.63, 3.8) is 0 Å². The number of phenolic OH excluding ortho intramolecular Hbond substituents is 1. The van der Waals surface area contributed by atoms with E-state index in [0.29, 0.717) is 34.9 Å². The van der Waals surface area contributed by atoms with Crippen LogP contribution in [0, 0.1) is 0 Å². The molecule has 4 aromatic carbocycles. The van der Waals surface area contributed by atoms with Gasteiger partial charge in [-0.3, -0.25) is 29.3 Å². The molecule has 2 aliphatic rings. The summed E-state index contributed by atoms with van der Waals surface area (Å²) < 4.78 is 5.87. The molecule has 12 heteroatoms. The average Bonchev–Trinajstić information content (AvgIpc) is 3.48. The van der Waals surface area contributed by atoms with Crippen LogP contribution >= 0.6 is 11.6 Å². The lowest BCUT2D eigenvalue weighted by Crippen LogP contribution is -2.52. The summed E-state index contributed by atoms with van der Waals surface area (Å²) in [6.07, 6.45) is 0.555. The van der Waals surface area contributed by atoms with Crippen LogP contribution in [0.1, 0.15) is 58.3 Å². The molecule has 6 rings (SSSR count). The molecular formula is C40H37ClN4O7. The van der Waals surface area contributed by atoms with E-state index in [9.17, 15) is 29.1 Å². The molecule has 5 amide bonds. The molecule has 0 spiro atoms. The standard InChI is InChI=1S/C40H37ClN4O7/c41-20-19-30(25-5-2-1-3-6-25)38(26-9-13-28(46)14-10-26)27-11-15-29(16-12-27)52-22-21-42-36(48)23-37(49)43-33-8-4-7-31-32(33)24-45(40(31)51)34-17-18-35(47)44-39(34)50/h1-16,34,46H,17-24H2,(H,42,48)(H,43,49)(H,44,47,50). The Morgan fingerprint density at radius 2 is 1.58 bits per heavy atom. The summed E-state index contributed by atoms with van der Waals surface area (Å²) in [6.45, 7) is 0.424. The molecule has 1 atom stereocenters. The van der Waals surface area contributed by atoms with Gasteiger partial charge in [0.1, 0.15) is 30.6 Å². The normalized spacial score (nSPS) is 15.8. The molecule has 0 radical (unpaired) electrons. The van der Waals surface area contributed by atoms with Crippen molar-refractivity contribution in [2.75, 3.05) is 24.3 Å². The maximum Gasteiger partial charge on any atom is 0.255 e. The van der Waals surface area contributed by atoms with E-state index in [1.54, 1.807) is 30.3 Å². The van der Waals surface area contributed by atoms with Gasteiger partial charge in [0, 0.05) is 35.7 Å². The molecule has 0 saturated carbocycles. The molecule has 0 aromatic heterocycles. The molecule has 1 saturated heterocycles. The maximum atomic E-state index is 13.1. The highest BCUT2D eigenvalue weighted by molar-refractivity contribution is 6.18. The summed E-state index contributed by atoms with van der Waals surface area (Å²) in [6, 6.07) is 28.8. The maximum absolute atomic E-state index is 13.1. The smallest absolute Gasteiger partial charge is 0.255 e. The average molecular weight is 721 g/mol. The molecule has 0 bridgehead atoms. The Morgan fingerprint density at radius 3 is 2.27 bits per heavy atom. The zero-order chi connectivity index (χ0) is 36.6. The van der Waals surface area contributed by atoms with Gasteiger partial charge in [0.25, 0.3) is 5.91 Å². The fourth-order valence-electron chi connectivity index (χ4n) is 6.47. The van der Waals surface area contributed by atoms with Crippen molar-refractivity contribution in [2.45, 2.75) is 38.3 Å². The molecule has 266 valence electrons. The van der Waals surface area contributed by atoms with E-state index in [1.165, 1.54) is 4.90 Å². The van der Waals surface area contributed by atoms with E-state index < -0.39 is 30.2 Å². The molecule has 4 N–H and O–H groups in total. The Bertz CT molecular complexity index is 2010. The summed E-state index contributed by atoms with van der Waals surface area (Å²) in [5.41, 5.74) is 6.27. The number of benzene rings is 4. The lowest BCUT2D eigenvalue weighted by atomic mass is 9.88. The first-order valence-electron chi connectivity index (χ1n) is 16.9. The molecule has 4 aromatic rings. The second kappa shape index (κ2) is 16.4. The van der Waals surface area contributed by atoms with Crippen molar-refractivity contribution in [1.29, 1.82) is 0 Å². The zero-order valence-corrected chi connectivity index (χ0v) is 28.9. The largest absolute Gasteiger partial charge is 0.508 e. The quantitative estimate of drug-likeness (QED) is 0.0483. The van der Waals surface area contributed by atoms with Gasteiger partial charge in [0.2, 0.25) is 23.6 Å². The number of rotatable bonds is 13. The van der Waals surface area contributed by atoms with Crippen LogP contribution in [0.25, 0.3) is 11.1 Å². The summed E-state index contributed by atoms with van der Waals surface area (Å²) >= 11 is 6.26. The predicted octanol–water partition coefficient (Wildman–Crippen LogP) is 5.27. The number of hydrogen-bond acceptors (Lipinski definition) is 7. The van der Waals surface area contributed by atoms with Gasteiger partial charge in [0.15, 0.2) is 0 Å². The van der Waals surface area contributed by atoms with Crippen molar-refractivity contribution in [2.24, 2.45) is 0 Å². The van der Waals surface area contributed by atoms with Gasteiger partial charge >= 0.3 is 0 Å². The van der Waals surface area contributed by atoms with Crippen LogP contribution in [0.3, 0.4) is 0 Å². The Balaban J connectivity index is 1.03. The van der Waals surface area contributed by atoms with Crippen LogP contribution < -0.4 is 20.7 Å². The SMILES string of the molecule is O=C(CC(=O)Nc1cccc2c1CN(C1CCC(=O)NC1=O)C2=O)NCCOc1ccc(C(=C(CCCl)c2ccccc2)c2ccc(O)cc2)cc1. The number of anilines is 1. The monoisotopic (exact) mass is 720 g/mol. The summed E-state index contributed by atoms with van der Waals surface area (Å²) in [7, 11) is 0. The molecule has 2 aliphatic heterocycles. The second-order valence-corrected chi connectivity index (χ2v) is 12.8. The van der Waals surface area contributed by atoms with Crippen LogP contribution in [0.2, 0.25) is 0 Å². The molecule has 52 heavy (non-hydrogen) atoms. The Hall–Kier alpha value is -5.94. The van der Waals surface area contributed by atoms with Crippen molar-refractivity contribution in [3.8, 4) is 11.5 Å². The second-order valence-electron chi connectivity index (χ2n) is 12.4. The number of nitrogens with one attached hydrogen (secondary N) is 3. The fourth-order valence-corrected chi connectivity index (χ4v) is 6.66. The lowest BCUT2D eigenvalue weighted by molar-refractivity contribution is -0.137. The molecule has 11 nitrogen and oxygen atoms in total. The number of halogens is 1. The van der Waals surface area contributed by atoms with Gasteiger partial charge in [-0.25, -0.2) is 0 Å². The van der Waals surface area contributed by atoms with Crippen LogP contribution in [0.5, 0.6) is 11.5 Å². The molecular weight excluding hydrogens is 684 g/mol. The third-order valence-corrected chi connectivity index (χ3v) is 9.13. The number of carbonyl (C=O) groups excluding carboxylic acids is 5. The minimum Gasteiger partial charge on any atom is -0.508 e. The van der Waals surface area contributed by atoms with E-state index in [-0.39, 0.29) is 50.1 Å². The summed E-state index contributed by atoms with van der Waals surface area (Å²) in [5.74, 6) is -1.10. The Kier molecular flexibility index (Phi) is 11.3. The Labute approximate surface area is 305 Å². The number of phenols is 1. The van der Waals surface area contributed by atoms with E-state index in [4.69, 9.17) is 16.3 Å². The highest BCUT2D eigenvalue weighted by Crippen LogP contribution is 2.36. The van der Waals surface area contributed by atoms with Crippen molar-refractivity contribution < 1.29 is 33.8 Å². The third kappa shape index (κ3) is 8.33. The third-order valence-electron chi connectivity index (χ3n) is 8.94. The van der Waals surface area contributed by atoms with Crippen LogP contribution in [-0.4, -0.2) is 64.6 Å². The number of carbonyl (C=O) groups is 5. The topological polar surface area (TPSA) is 154 Å². The van der Waals surface area contributed by atoms with Gasteiger partial charge in [-0.1, -0.05) is 60.7 Å². The predicted molar refractivity (Wildman–Crippen MR) is 196 cm³/mol. The lowest BCUT2D eigenvalue weighted by Gasteiger charge is -2.29. The van der Waals surface area contributed by atoms with Crippen LogP contribution in [0.15, 0.2) is 97.1 Å². The number of fused-ring (bicyclic) bond motifs is 1. The molecule has 1 unspecified atom stereocenters. The van der Waals surface area contributed by atoms with E-state index in [0.717, 1.165) is 27.8 Å². The number of amides is 5. The number of alkyl halides is 1. The van der Waals surface area contributed by atoms with Crippen molar-refractivity contribution in [1.82, 2.24) is 15.5 Å². The number of imide groups is 1. The number of allylic oxidation sites excluding steroid dienone is 1. The highest BCUT2D eigenvalue weighted by Gasteiger charge is 2.40. The van der Waals surface area contributed by atoms with Crippen LogP contribution in [-0.2, 0) is 25.7 Å². The first-order valence-corrected chi connectivity index (χ1v) is 17.5. The molecule has 0 aliphatic carbocycles. The highest BCUT2D eigenvalue weighted by atomic mass is 35.5. The van der Waals surface area contributed by atoms with E-state index >= 15 is 0 Å². The van der Waals surface area contributed by atoms with E-state index in [2.05, 4.69) is 16.0 Å².